The van der Waals surface area contributed by atoms with Crippen LogP contribution >= 0.6 is 0 Å². The number of hydrogen-bond acceptors (Lipinski definition) is 3. The van der Waals surface area contributed by atoms with E-state index in [9.17, 15) is 4.79 Å². The van der Waals surface area contributed by atoms with Crippen molar-refractivity contribution in [3.63, 3.8) is 0 Å². The summed E-state index contributed by atoms with van der Waals surface area (Å²) < 4.78 is 5.33. The van der Waals surface area contributed by atoms with E-state index in [0.717, 1.165) is 23.3 Å². The van der Waals surface area contributed by atoms with Crippen molar-refractivity contribution in [2.75, 3.05) is 20.2 Å². The van der Waals surface area contributed by atoms with Gasteiger partial charge in [-0.25, -0.2) is 0 Å². The minimum absolute atomic E-state index is 0.0896. The van der Waals surface area contributed by atoms with Gasteiger partial charge in [-0.2, -0.15) is 0 Å². The van der Waals surface area contributed by atoms with Crippen molar-refractivity contribution in [1.82, 2.24) is 4.90 Å². The van der Waals surface area contributed by atoms with Crippen LogP contribution in [0.25, 0.3) is 0 Å². The fourth-order valence-electron chi connectivity index (χ4n) is 2.50. The molecule has 0 aliphatic rings. The Morgan fingerprint density at radius 2 is 1.78 bits per heavy atom. The molecule has 0 aliphatic heterocycles. The maximum atomic E-state index is 12.7. The van der Waals surface area contributed by atoms with E-state index in [0.29, 0.717) is 26.1 Å². The molecule has 0 unspecified atom stereocenters. The molecule has 4 heteroatoms. The molecule has 0 fully saturated rings. The fraction of sp³-hybridized carbons (Fsp3) is 0.316. The van der Waals surface area contributed by atoms with Gasteiger partial charge in [-0.3, -0.25) is 4.79 Å². The SMILES string of the molecule is COc1ccccc1CC(=O)N(CCCN)Cc1ccccc1. The van der Waals surface area contributed by atoms with Gasteiger partial charge in [-0.05, 0) is 24.6 Å². The highest BCUT2D eigenvalue weighted by molar-refractivity contribution is 5.79. The van der Waals surface area contributed by atoms with E-state index in [2.05, 4.69) is 0 Å². The first-order valence-corrected chi connectivity index (χ1v) is 7.88. The van der Waals surface area contributed by atoms with Gasteiger partial charge in [0.05, 0.1) is 13.5 Å². The van der Waals surface area contributed by atoms with E-state index in [4.69, 9.17) is 10.5 Å². The number of benzene rings is 2. The molecule has 1 amide bonds. The van der Waals surface area contributed by atoms with Crippen LogP contribution in [0.4, 0.5) is 0 Å². The Balaban J connectivity index is 2.09. The Kier molecular flexibility index (Phi) is 6.63. The van der Waals surface area contributed by atoms with Gasteiger partial charge >= 0.3 is 0 Å². The van der Waals surface area contributed by atoms with Crippen LogP contribution in [0.1, 0.15) is 17.5 Å². The van der Waals surface area contributed by atoms with Gasteiger partial charge in [0.25, 0.3) is 0 Å². The molecule has 2 aromatic rings. The Hall–Kier alpha value is -2.33. The highest BCUT2D eigenvalue weighted by Crippen LogP contribution is 2.19. The number of para-hydroxylation sites is 1. The summed E-state index contributed by atoms with van der Waals surface area (Å²) in [4.78, 5) is 14.6. The molecular formula is C19H24N2O2. The summed E-state index contributed by atoms with van der Waals surface area (Å²) in [5.41, 5.74) is 7.64. The van der Waals surface area contributed by atoms with Gasteiger partial charge in [0.1, 0.15) is 5.75 Å². The Morgan fingerprint density at radius 3 is 2.48 bits per heavy atom. The molecule has 0 aliphatic carbocycles. The Labute approximate surface area is 137 Å². The summed E-state index contributed by atoms with van der Waals surface area (Å²) in [5, 5.41) is 0. The highest BCUT2D eigenvalue weighted by atomic mass is 16.5. The van der Waals surface area contributed by atoms with Gasteiger partial charge in [0, 0.05) is 18.7 Å². The maximum absolute atomic E-state index is 12.7. The molecule has 2 rings (SSSR count). The van der Waals surface area contributed by atoms with Crippen LogP contribution < -0.4 is 10.5 Å². The summed E-state index contributed by atoms with van der Waals surface area (Å²) in [6, 6.07) is 17.7. The van der Waals surface area contributed by atoms with Crippen molar-refractivity contribution >= 4 is 5.91 Å². The van der Waals surface area contributed by atoms with Crippen molar-refractivity contribution in [2.45, 2.75) is 19.4 Å². The molecule has 2 N–H and O–H groups in total. The number of carbonyl (C=O) groups excluding carboxylic acids is 1. The Bertz CT molecular complexity index is 614. The maximum Gasteiger partial charge on any atom is 0.227 e. The lowest BCUT2D eigenvalue weighted by atomic mass is 10.1. The molecule has 0 atom stereocenters. The molecule has 2 aromatic carbocycles. The fourth-order valence-corrected chi connectivity index (χ4v) is 2.50. The van der Waals surface area contributed by atoms with Gasteiger partial charge < -0.3 is 15.4 Å². The average Bonchev–Trinajstić information content (AvgIpc) is 2.60. The lowest BCUT2D eigenvalue weighted by Gasteiger charge is -2.23. The third kappa shape index (κ3) is 5.11. The molecule has 0 spiro atoms. The van der Waals surface area contributed by atoms with Crippen LogP contribution in [0.5, 0.6) is 5.75 Å². The van der Waals surface area contributed by atoms with Gasteiger partial charge in [-0.1, -0.05) is 48.5 Å². The van der Waals surface area contributed by atoms with E-state index in [-0.39, 0.29) is 5.91 Å². The van der Waals surface area contributed by atoms with Crippen molar-refractivity contribution in [3.8, 4) is 5.75 Å². The minimum atomic E-state index is 0.0896. The van der Waals surface area contributed by atoms with Crippen molar-refractivity contribution in [2.24, 2.45) is 5.73 Å². The van der Waals surface area contributed by atoms with Crippen molar-refractivity contribution < 1.29 is 9.53 Å². The third-order valence-electron chi connectivity index (χ3n) is 3.74. The lowest BCUT2D eigenvalue weighted by molar-refractivity contribution is -0.131. The molecule has 23 heavy (non-hydrogen) atoms. The number of rotatable bonds is 8. The van der Waals surface area contributed by atoms with Crippen LogP contribution in [0.3, 0.4) is 0 Å². The topological polar surface area (TPSA) is 55.6 Å². The summed E-state index contributed by atoms with van der Waals surface area (Å²) in [6.07, 6.45) is 1.13. The first-order valence-electron chi connectivity index (χ1n) is 7.88. The van der Waals surface area contributed by atoms with E-state index in [1.807, 2.05) is 59.5 Å². The zero-order chi connectivity index (χ0) is 16.5. The molecular weight excluding hydrogens is 288 g/mol. The summed E-state index contributed by atoms with van der Waals surface area (Å²) in [5.74, 6) is 0.839. The molecule has 0 radical (unpaired) electrons. The minimum Gasteiger partial charge on any atom is -0.496 e. The molecule has 0 saturated carbocycles. The van der Waals surface area contributed by atoms with E-state index >= 15 is 0 Å². The van der Waals surface area contributed by atoms with Crippen LogP contribution in [0.2, 0.25) is 0 Å². The monoisotopic (exact) mass is 312 g/mol. The second kappa shape index (κ2) is 8.96. The third-order valence-corrected chi connectivity index (χ3v) is 3.74. The second-order valence-electron chi connectivity index (χ2n) is 5.43. The number of amides is 1. The predicted molar refractivity (Wildman–Crippen MR) is 92.2 cm³/mol. The summed E-state index contributed by atoms with van der Waals surface area (Å²) in [6.45, 7) is 1.85. The Morgan fingerprint density at radius 1 is 1.09 bits per heavy atom. The number of nitrogens with zero attached hydrogens (tertiary/aromatic N) is 1. The quantitative estimate of drug-likeness (QED) is 0.815. The zero-order valence-corrected chi connectivity index (χ0v) is 13.6. The van der Waals surface area contributed by atoms with Crippen LogP contribution in [0.15, 0.2) is 54.6 Å². The predicted octanol–water partition coefficient (Wildman–Crippen LogP) is 2.62. The standard InChI is InChI=1S/C19H24N2O2/c1-23-18-11-6-5-10-17(18)14-19(22)21(13-7-12-20)15-16-8-3-2-4-9-16/h2-6,8-11H,7,12-15,20H2,1H3. The molecule has 0 saturated heterocycles. The van der Waals surface area contributed by atoms with Crippen LogP contribution in [-0.4, -0.2) is 31.0 Å². The lowest BCUT2D eigenvalue weighted by Crippen LogP contribution is -2.33. The van der Waals surface area contributed by atoms with Crippen molar-refractivity contribution in [3.05, 3.63) is 65.7 Å². The van der Waals surface area contributed by atoms with Gasteiger partial charge in [0.2, 0.25) is 5.91 Å². The van der Waals surface area contributed by atoms with Crippen LogP contribution in [0, 0.1) is 0 Å². The van der Waals surface area contributed by atoms with E-state index < -0.39 is 0 Å². The first-order chi connectivity index (χ1) is 11.2. The van der Waals surface area contributed by atoms with Crippen molar-refractivity contribution in [1.29, 1.82) is 0 Å². The molecule has 4 nitrogen and oxygen atoms in total. The summed E-state index contributed by atoms with van der Waals surface area (Å²) in [7, 11) is 1.62. The molecule has 122 valence electrons. The number of methoxy groups -OCH3 is 1. The number of carbonyl (C=O) groups is 1. The normalized spacial score (nSPS) is 10.3. The highest BCUT2D eigenvalue weighted by Gasteiger charge is 2.16. The second-order valence-corrected chi connectivity index (χ2v) is 5.43. The van der Waals surface area contributed by atoms with E-state index in [1.165, 1.54) is 0 Å². The first kappa shape index (κ1) is 17.0. The molecule has 0 heterocycles. The number of hydrogen-bond donors (Lipinski definition) is 1. The van der Waals surface area contributed by atoms with E-state index in [1.54, 1.807) is 7.11 Å². The van der Waals surface area contributed by atoms with Crippen LogP contribution in [-0.2, 0) is 17.8 Å². The van der Waals surface area contributed by atoms with Gasteiger partial charge in [-0.15, -0.1) is 0 Å². The zero-order valence-electron chi connectivity index (χ0n) is 13.6. The van der Waals surface area contributed by atoms with Gasteiger partial charge in [0.15, 0.2) is 0 Å². The largest absolute Gasteiger partial charge is 0.496 e. The number of nitrogens with two attached hydrogens (primary N) is 1. The molecule has 0 aromatic heterocycles. The molecule has 0 bridgehead atoms. The smallest absolute Gasteiger partial charge is 0.227 e. The summed E-state index contributed by atoms with van der Waals surface area (Å²) >= 11 is 0. The average molecular weight is 312 g/mol. The number of ether oxygens (including phenoxy) is 1.